The van der Waals surface area contributed by atoms with Gasteiger partial charge in [0.25, 0.3) is 0 Å². The van der Waals surface area contributed by atoms with Crippen molar-refractivity contribution in [3.05, 3.63) is 6.41 Å². The SMILES string of the molecule is CO[C](OC)N(C)C. The molecule has 1 radical (unpaired) electrons. The van der Waals surface area contributed by atoms with E-state index in [0.29, 0.717) is 6.41 Å². The van der Waals surface area contributed by atoms with Gasteiger partial charge in [-0.2, -0.15) is 0 Å². The molecular formula is C5H12NO2. The van der Waals surface area contributed by atoms with E-state index >= 15 is 0 Å². The van der Waals surface area contributed by atoms with Crippen LogP contribution in [0.25, 0.3) is 0 Å². The topological polar surface area (TPSA) is 21.7 Å². The van der Waals surface area contributed by atoms with Crippen molar-refractivity contribution in [2.45, 2.75) is 0 Å². The van der Waals surface area contributed by atoms with Crippen LogP contribution in [-0.2, 0) is 9.47 Å². The molecule has 0 saturated carbocycles. The normalized spacial score (nSPS) is 11.2. The van der Waals surface area contributed by atoms with Gasteiger partial charge in [0.1, 0.15) is 0 Å². The Labute approximate surface area is 50.2 Å². The zero-order valence-electron chi connectivity index (χ0n) is 5.76. The van der Waals surface area contributed by atoms with E-state index in [2.05, 4.69) is 0 Å². The summed E-state index contributed by atoms with van der Waals surface area (Å²) in [5.41, 5.74) is 0. The number of rotatable bonds is 3. The summed E-state index contributed by atoms with van der Waals surface area (Å²) in [7, 11) is 6.84. The molecule has 8 heavy (non-hydrogen) atoms. The smallest absolute Gasteiger partial charge is 0.302 e. The predicted octanol–water partition coefficient (Wildman–Crippen LogP) is 0.288. The highest BCUT2D eigenvalue weighted by molar-refractivity contribution is 4.56. The standard InChI is InChI=1S/C5H12NO2/c1-6(2)5(7-3)8-4/h1-4H3. The fourth-order valence-corrected chi connectivity index (χ4v) is 0.448. The van der Waals surface area contributed by atoms with Gasteiger partial charge in [0.05, 0.1) is 0 Å². The van der Waals surface area contributed by atoms with E-state index in [1.165, 1.54) is 0 Å². The Morgan fingerprint density at radius 2 is 1.50 bits per heavy atom. The molecule has 0 amide bonds. The van der Waals surface area contributed by atoms with Crippen LogP contribution in [0.5, 0.6) is 0 Å². The number of ether oxygens (including phenoxy) is 2. The summed E-state index contributed by atoms with van der Waals surface area (Å²) in [5.74, 6) is 0. The van der Waals surface area contributed by atoms with Crippen molar-refractivity contribution in [2.75, 3.05) is 28.3 Å². The van der Waals surface area contributed by atoms with E-state index in [-0.39, 0.29) is 0 Å². The minimum atomic E-state index is 0.519. The zero-order chi connectivity index (χ0) is 6.57. The number of hydrogen-bond donors (Lipinski definition) is 0. The molecule has 49 valence electrons. The van der Waals surface area contributed by atoms with Gasteiger partial charge in [0, 0.05) is 14.2 Å². The molecule has 0 aliphatic heterocycles. The maximum absolute atomic E-state index is 4.78. The number of nitrogens with zero attached hydrogens (tertiary/aromatic N) is 1. The molecule has 0 aromatic heterocycles. The Bertz CT molecular complexity index is 52.4. The predicted molar refractivity (Wildman–Crippen MR) is 30.9 cm³/mol. The van der Waals surface area contributed by atoms with Crippen LogP contribution in [0.3, 0.4) is 0 Å². The summed E-state index contributed by atoms with van der Waals surface area (Å²) in [6.45, 7) is 0. The fourth-order valence-electron chi connectivity index (χ4n) is 0.448. The van der Waals surface area contributed by atoms with E-state index in [1.807, 2.05) is 14.1 Å². The Kier molecular flexibility index (Phi) is 3.77. The Morgan fingerprint density at radius 1 is 1.12 bits per heavy atom. The van der Waals surface area contributed by atoms with Crippen LogP contribution >= 0.6 is 0 Å². The number of methoxy groups -OCH3 is 2. The molecular weight excluding hydrogens is 106 g/mol. The van der Waals surface area contributed by atoms with Crippen molar-refractivity contribution >= 4 is 0 Å². The van der Waals surface area contributed by atoms with E-state index in [0.717, 1.165) is 0 Å². The second-order valence-corrected chi connectivity index (χ2v) is 1.57. The van der Waals surface area contributed by atoms with Crippen LogP contribution in [0, 0.1) is 6.41 Å². The third-order valence-corrected chi connectivity index (χ3v) is 0.714. The lowest BCUT2D eigenvalue weighted by Crippen LogP contribution is -2.22. The monoisotopic (exact) mass is 118 g/mol. The molecule has 3 heteroatoms. The Balaban J connectivity index is 3.35. The fraction of sp³-hybridized carbons (Fsp3) is 0.800. The van der Waals surface area contributed by atoms with Gasteiger partial charge in [0.15, 0.2) is 0 Å². The molecule has 0 unspecified atom stereocenters. The zero-order valence-corrected chi connectivity index (χ0v) is 5.76. The highest BCUT2D eigenvalue weighted by atomic mass is 16.7. The first-order valence-electron chi connectivity index (χ1n) is 2.34. The lowest BCUT2D eigenvalue weighted by molar-refractivity contribution is -0.0723. The average Bonchev–Trinajstić information content (AvgIpc) is 1.69. The van der Waals surface area contributed by atoms with Crippen molar-refractivity contribution in [3.63, 3.8) is 0 Å². The first-order chi connectivity index (χ1) is 3.72. The number of hydrogen-bond acceptors (Lipinski definition) is 3. The molecule has 3 nitrogen and oxygen atoms in total. The third kappa shape index (κ3) is 2.26. The molecule has 0 aromatic carbocycles. The maximum Gasteiger partial charge on any atom is 0.302 e. The first-order valence-corrected chi connectivity index (χ1v) is 2.34. The summed E-state index contributed by atoms with van der Waals surface area (Å²) in [6, 6.07) is 0. The van der Waals surface area contributed by atoms with Crippen LogP contribution in [-0.4, -0.2) is 33.2 Å². The van der Waals surface area contributed by atoms with Gasteiger partial charge in [-0.05, 0) is 14.1 Å². The van der Waals surface area contributed by atoms with Gasteiger partial charge in [-0.3, -0.25) is 4.90 Å². The molecule has 0 aliphatic rings. The van der Waals surface area contributed by atoms with Gasteiger partial charge in [0.2, 0.25) is 0 Å². The average molecular weight is 118 g/mol. The van der Waals surface area contributed by atoms with Crippen molar-refractivity contribution < 1.29 is 9.47 Å². The molecule has 0 heterocycles. The molecule has 0 aliphatic carbocycles. The van der Waals surface area contributed by atoms with Crippen molar-refractivity contribution in [1.82, 2.24) is 4.90 Å². The van der Waals surface area contributed by atoms with Crippen molar-refractivity contribution in [3.8, 4) is 0 Å². The molecule has 0 atom stereocenters. The van der Waals surface area contributed by atoms with Crippen LogP contribution in [0.15, 0.2) is 0 Å². The van der Waals surface area contributed by atoms with Crippen LogP contribution in [0.2, 0.25) is 0 Å². The van der Waals surface area contributed by atoms with Crippen LogP contribution in [0.1, 0.15) is 0 Å². The van der Waals surface area contributed by atoms with Gasteiger partial charge in [-0.25, -0.2) is 0 Å². The molecule has 0 aromatic rings. The lowest BCUT2D eigenvalue weighted by atomic mass is 10.9. The molecule has 0 bridgehead atoms. The summed E-state index contributed by atoms with van der Waals surface area (Å²) in [4.78, 5) is 1.75. The molecule has 0 N–H and O–H groups in total. The van der Waals surface area contributed by atoms with E-state index in [4.69, 9.17) is 9.47 Å². The highest BCUT2D eigenvalue weighted by Crippen LogP contribution is 2.01. The lowest BCUT2D eigenvalue weighted by Gasteiger charge is -2.16. The van der Waals surface area contributed by atoms with E-state index in [1.54, 1.807) is 19.1 Å². The second-order valence-electron chi connectivity index (χ2n) is 1.57. The highest BCUT2D eigenvalue weighted by Gasteiger charge is 2.08. The van der Waals surface area contributed by atoms with Crippen LogP contribution < -0.4 is 0 Å². The molecule has 0 fully saturated rings. The maximum atomic E-state index is 4.78. The van der Waals surface area contributed by atoms with Gasteiger partial charge in [-0.15, -0.1) is 0 Å². The van der Waals surface area contributed by atoms with Gasteiger partial charge in [-0.1, -0.05) is 0 Å². The van der Waals surface area contributed by atoms with Crippen molar-refractivity contribution in [1.29, 1.82) is 0 Å². The van der Waals surface area contributed by atoms with E-state index < -0.39 is 0 Å². The van der Waals surface area contributed by atoms with Crippen LogP contribution in [0.4, 0.5) is 0 Å². The summed E-state index contributed by atoms with van der Waals surface area (Å²) >= 11 is 0. The second kappa shape index (κ2) is 3.83. The minimum Gasteiger partial charge on any atom is -0.335 e. The van der Waals surface area contributed by atoms with Crippen molar-refractivity contribution in [2.24, 2.45) is 0 Å². The largest absolute Gasteiger partial charge is 0.335 e. The summed E-state index contributed by atoms with van der Waals surface area (Å²) in [5, 5.41) is 0. The van der Waals surface area contributed by atoms with E-state index in [9.17, 15) is 0 Å². The van der Waals surface area contributed by atoms with Gasteiger partial charge >= 0.3 is 6.41 Å². The summed E-state index contributed by atoms with van der Waals surface area (Å²) < 4.78 is 9.56. The Hall–Kier alpha value is -0.120. The minimum absolute atomic E-state index is 0.519. The Morgan fingerprint density at radius 3 is 1.50 bits per heavy atom. The third-order valence-electron chi connectivity index (χ3n) is 0.714. The summed E-state index contributed by atoms with van der Waals surface area (Å²) in [6.07, 6.45) is 0.519. The molecule has 0 rings (SSSR count). The molecule has 0 saturated heterocycles. The van der Waals surface area contributed by atoms with Gasteiger partial charge < -0.3 is 9.47 Å². The molecule has 0 spiro atoms. The quantitative estimate of drug-likeness (QED) is 0.531. The first kappa shape index (κ1) is 7.88.